The van der Waals surface area contributed by atoms with Crippen LogP contribution < -0.4 is 15.4 Å². The molecule has 1 aromatic carbocycles. The minimum atomic E-state index is -0.683. The summed E-state index contributed by atoms with van der Waals surface area (Å²) in [5, 5.41) is 20.0. The molecule has 2 N–H and O–H groups in total. The fourth-order valence-corrected chi connectivity index (χ4v) is 2.82. The largest absolute Gasteiger partial charge is 0.419 e. The summed E-state index contributed by atoms with van der Waals surface area (Å²) in [6, 6.07) is 10.7. The maximum absolute atomic E-state index is 12.0. The minimum Gasteiger partial charge on any atom is -0.388 e. The van der Waals surface area contributed by atoms with Gasteiger partial charge in [0.15, 0.2) is 10.8 Å². The molecule has 3 aromatic rings. The van der Waals surface area contributed by atoms with Gasteiger partial charge in [-0.2, -0.15) is 10.4 Å². The molecule has 2 heterocycles. The highest BCUT2D eigenvalue weighted by molar-refractivity contribution is 7.16. The van der Waals surface area contributed by atoms with Gasteiger partial charge in [0.1, 0.15) is 0 Å². The number of aromatic nitrogens is 3. The fourth-order valence-electron chi connectivity index (χ4n) is 2.05. The lowest BCUT2D eigenvalue weighted by molar-refractivity contribution is 0.213. The third-order valence-electron chi connectivity index (χ3n) is 3.09. The predicted octanol–water partition coefficient (Wildman–Crippen LogP) is 3.41. The van der Waals surface area contributed by atoms with Gasteiger partial charge in [-0.1, -0.05) is 17.4 Å². The van der Waals surface area contributed by atoms with Gasteiger partial charge in [0.05, 0.1) is 16.6 Å². The summed E-state index contributed by atoms with van der Waals surface area (Å²) in [6.07, 6.45) is 1.02. The van der Waals surface area contributed by atoms with E-state index in [1.807, 2.05) is 13.0 Å². The first-order chi connectivity index (χ1) is 12.0. The first-order valence-corrected chi connectivity index (χ1v) is 8.08. The number of anilines is 3. The van der Waals surface area contributed by atoms with Crippen molar-refractivity contribution in [1.29, 1.82) is 5.26 Å². The molecule has 0 aliphatic carbocycles. The molecule has 25 heavy (non-hydrogen) atoms. The number of rotatable bonds is 4. The van der Waals surface area contributed by atoms with E-state index in [2.05, 4.69) is 26.8 Å². The molecule has 0 atom stereocenters. The van der Waals surface area contributed by atoms with Crippen LogP contribution in [0.4, 0.5) is 21.3 Å². The molecule has 0 bridgehead atoms. The standard InChI is InChI=1S/C16H14N6O2S/c1-10-18-14(24-16(23)20-13-6-7-22(2)21-13)15(25-10)19-12-5-3-4-11(8-12)9-17/h3-8,19H,1-2H3,(H,20,21,23). The number of ether oxygens (including phenoxy) is 1. The Morgan fingerprint density at radius 1 is 1.40 bits per heavy atom. The SMILES string of the molecule is Cc1nc(OC(=O)Nc2ccn(C)n2)c(Nc2cccc(C#N)c2)s1. The number of hydrogen-bond acceptors (Lipinski definition) is 7. The second kappa shape index (κ2) is 7.02. The second-order valence-electron chi connectivity index (χ2n) is 5.07. The highest BCUT2D eigenvalue weighted by Crippen LogP contribution is 2.34. The maximum Gasteiger partial charge on any atom is 0.419 e. The minimum absolute atomic E-state index is 0.165. The molecule has 3 rings (SSSR count). The van der Waals surface area contributed by atoms with Crippen LogP contribution in [0.1, 0.15) is 10.6 Å². The van der Waals surface area contributed by atoms with Gasteiger partial charge in [0.2, 0.25) is 0 Å². The molecule has 8 nitrogen and oxygen atoms in total. The summed E-state index contributed by atoms with van der Waals surface area (Å²) in [7, 11) is 1.75. The van der Waals surface area contributed by atoms with Crippen LogP contribution in [0, 0.1) is 18.3 Å². The van der Waals surface area contributed by atoms with Crippen molar-refractivity contribution in [3.05, 3.63) is 47.1 Å². The van der Waals surface area contributed by atoms with E-state index in [9.17, 15) is 4.79 Å². The molecule has 0 aliphatic heterocycles. The van der Waals surface area contributed by atoms with E-state index >= 15 is 0 Å². The van der Waals surface area contributed by atoms with E-state index in [-0.39, 0.29) is 5.88 Å². The summed E-state index contributed by atoms with van der Waals surface area (Å²) in [5.41, 5.74) is 1.24. The Labute approximate surface area is 147 Å². The van der Waals surface area contributed by atoms with E-state index in [0.717, 1.165) is 5.01 Å². The van der Waals surface area contributed by atoms with Crippen LogP contribution in [0.15, 0.2) is 36.5 Å². The molecule has 1 amide bonds. The Balaban J connectivity index is 1.74. The van der Waals surface area contributed by atoms with Gasteiger partial charge >= 0.3 is 6.09 Å². The van der Waals surface area contributed by atoms with E-state index in [1.165, 1.54) is 11.3 Å². The lowest BCUT2D eigenvalue weighted by Crippen LogP contribution is -2.17. The first-order valence-electron chi connectivity index (χ1n) is 7.26. The van der Waals surface area contributed by atoms with Crippen molar-refractivity contribution in [2.24, 2.45) is 7.05 Å². The summed E-state index contributed by atoms with van der Waals surface area (Å²) in [4.78, 5) is 16.2. The molecule has 0 unspecified atom stereocenters. The number of aryl methyl sites for hydroxylation is 2. The topological polar surface area (TPSA) is 105 Å². The van der Waals surface area contributed by atoms with Gasteiger partial charge < -0.3 is 10.1 Å². The second-order valence-corrected chi connectivity index (χ2v) is 6.28. The number of benzene rings is 1. The van der Waals surface area contributed by atoms with Crippen LogP contribution in [0.2, 0.25) is 0 Å². The molecule has 2 aromatic heterocycles. The molecule has 0 saturated carbocycles. The number of carbonyl (C=O) groups is 1. The molecule has 9 heteroatoms. The van der Waals surface area contributed by atoms with Crippen molar-refractivity contribution in [1.82, 2.24) is 14.8 Å². The zero-order valence-corrected chi connectivity index (χ0v) is 14.3. The Kier molecular flexibility index (Phi) is 4.63. The lowest BCUT2D eigenvalue weighted by atomic mass is 10.2. The highest BCUT2D eigenvalue weighted by atomic mass is 32.1. The summed E-state index contributed by atoms with van der Waals surface area (Å²) in [6.45, 7) is 1.81. The Bertz CT molecular complexity index is 956. The van der Waals surface area contributed by atoms with Crippen LogP contribution in [0.25, 0.3) is 0 Å². The number of nitriles is 1. The zero-order chi connectivity index (χ0) is 17.8. The van der Waals surface area contributed by atoms with Crippen molar-refractivity contribution in [3.63, 3.8) is 0 Å². The van der Waals surface area contributed by atoms with Gasteiger partial charge in [-0.05, 0) is 25.1 Å². The molecule has 0 radical (unpaired) electrons. The van der Waals surface area contributed by atoms with Gasteiger partial charge in [-0.25, -0.2) is 9.78 Å². The average molecular weight is 354 g/mol. The van der Waals surface area contributed by atoms with Gasteiger partial charge in [0, 0.05) is 25.0 Å². The molecule has 0 saturated heterocycles. The molecule has 0 aliphatic rings. The third kappa shape index (κ3) is 4.13. The lowest BCUT2D eigenvalue weighted by Gasteiger charge is -2.07. The Hall–Kier alpha value is -3.38. The molecule has 0 spiro atoms. The average Bonchev–Trinajstić information content (AvgIpc) is 3.13. The molecular weight excluding hydrogens is 340 g/mol. The number of hydrogen-bond donors (Lipinski definition) is 2. The monoisotopic (exact) mass is 354 g/mol. The van der Waals surface area contributed by atoms with E-state index in [1.54, 1.807) is 42.2 Å². The fraction of sp³-hybridized carbons (Fsp3) is 0.125. The molecular formula is C16H14N6O2S. The number of nitrogens with one attached hydrogen (secondary N) is 2. The molecule has 0 fully saturated rings. The van der Waals surface area contributed by atoms with Crippen molar-refractivity contribution >= 4 is 33.9 Å². The van der Waals surface area contributed by atoms with E-state index in [4.69, 9.17) is 10.00 Å². The van der Waals surface area contributed by atoms with Crippen molar-refractivity contribution in [2.75, 3.05) is 10.6 Å². The van der Waals surface area contributed by atoms with Crippen LogP contribution in [-0.2, 0) is 7.05 Å². The van der Waals surface area contributed by atoms with Gasteiger partial charge in [-0.3, -0.25) is 10.00 Å². The van der Waals surface area contributed by atoms with E-state index < -0.39 is 6.09 Å². The number of thiazole rings is 1. The van der Waals surface area contributed by atoms with E-state index in [0.29, 0.717) is 22.1 Å². The number of amides is 1. The van der Waals surface area contributed by atoms with Crippen LogP contribution in [0.5, 0.6) is 5.88 Å². The number of nitrogens with zero attached hydrogens (tertiary/aromatic N) is 4. The quantitative estimate of drug-likeness (QED) is 0.744. The van der Waals surface area contributed by atoms with Crippen molar-refractivity contribution in [2.45, 2.75) is 6.92 Å². The van der Waals surface area contributed by atoms with Crippen LogP contribution in [-0.4, -0.2) is 20.9 Å². The van der Waals surface area contributed by atoms with Gasteiger partial charge in [0.25, 0.3) is 5.88 Å². The molecule has 126 valence electrons. The number of carbonyl (C=O) groups excluding carboxylic acids is 1. The summed E-state index contributed by atoms with van der Waals surface area (Å²) < 4.78 is 6.85. The Morgan fingerprint density at radius 3 is 2.96 bits per heavy atom. The Morgan fingerprint density at radius 2 is 2.24 bits per heavy atom. The first kappa shape index (κ1) is 16.5. The van der Waals surface area contributed by atoms with Crippen molar-refractivity contribution < 1.29 is 9.53 Å². The normalized spacial score (nSPS) is 10.1. The summed E-state index contributed by atoms with van der Waals surface area (Å²) >= 11 is 1.35. The van der Waals surface area contributed by atoms with Crippen LogP contribution >= 0.6 is 11.3 Å². The van der Waals surface area contributed by atoms with Crippen molar-refractivity contribution in [3.8, 4) is 11.9 Å². The zero-order valence-electron chi connectivity index (χ0n) is 13.5. The maximum atomic E-state index is 12.0. The van der Waals surface area contributed by atoms with Crippen LogP contribution in [0.3, 0.4) is 0 Å². The van der Waals surface area contributed by atoms with Gasteiger partial charge in [-0.15, -0.1) is 0 Å². The smallest absolute Gasteiger partial charge is 0.388 e. The predicted molar refractivity (Wildman–Crippen MR) is 94.1 cm³/mol. The highest BCUT2D eigenvalue weighted by Gasteiger charge is 2.16. The third-order valence-corrected chi connectivity index (χ3v) is 3.95. The summed E-state index contributed by atoms with van der Waals surface area (Å²) in [5.74, 6) is 0.550.